The van der Waals surface area contributed by atoms with Crippen molar-refractivity contribution in [1.82, 2.24) is 4.57 Å². The van der Waals surface area contributed by atoms with Crippen molar-refractivity contribution in [3.05, 3.63) is 52.8 Å². The van der Waals surface area contributed by atoms with E-state index in [0.717, 1.165) is 28.4 Å². The Balaban J connectivity index is 2.04. The van der Waals surface area contributed by atoms with Gasteiger partial charge in [-0.2, -0.15) is 0 Å². The molecule has 0 fully saturated rings. The van der Waals surface area contributed by atoms with E-state index in [1.165, 1.54) is 5.56 Å². The number of aromatic nitrogens is 1. The first-order chi connectivity index (χ1) is 10.5. The number of nitrogens with zero attached hydrogens (tertiary/aromatic N) is 1. The molecule has 0 unspecified atom stereocenters. The molecule has 1 heterocycles. The molecule has 3 nitrogen and oxygen atoms in total. The average molecular weight is 317 g/mol. The van der Waals surface area contributed by atoms with Gasteiger partial charge in [0.2, 0.25) is 0 Å². The van der Waals surface area contributed by atoms with Crippen LogP contribution in [-0.4, -0.2) is 29.8 Å². The highest BCUT2D eigenvalue weighted by Gasteiger charge is 2.15. The third kappa shape index (κ3) is 4.02. The first-order valence-electron chi connectivity index (χ1n) is 7.41. The van der Waals surface area contributed by atoms with E-state index < -0.39 is 0 Å². The maximum absolute atomic E-state index is 12.5. The summed E-state index contributed by atoms with van der Waals surface area (Å²) in [5.41, 5.74) is 4.20. The van der Waals surface area contributed by atoms with Gasteiger partial charge in [-0.25, -0.2) is 0 Å². The highest BCUT2D eigenvalue weighted by atomic mass is 32.2. The van der Waals surface area contributed by atoms with Crippen molar-refractivity contribution in [2.24, 2.45) is 0 Å². The predicted octanol–water partition coefficient (Wildman–Crippen LogP) is 4.03. The lowest BCUT2D eigenvalue weighted by Crippen LogP contribution is -2.09. The molecule has 0 aliphatic carbocycles. The Hall–Kier alpha value is -1.52. The minimum atomic E-state index is 0.183. The van der Waals surface area contributed by atoms with Gasteiger partial charge >= 0.3 is 0 Å². The molecule has 4 heteroatoms. The van der Waals surface area contributed by atoms with Gasteiger partial charge in [0.1, 0.15) is 0 Å². The molecule has 22 heavy (non-hydrogen) atoms. The number of hydrogen-bond donors (Lipinski definition) is 0. The molecule has 0 spiro atoms. The molecular weight excluding hydrogens is 294 g/mol. The van der Waals surface area contributed by atoms with Gasteiger partial charge in [0.25, 0.3) is 0 Å². The van der Waals surface area contributed by atoms with Crippen molar-refractivity contribution in [2.45, 2.75) is 32.2 Å². The summed E-state index contributed by atoms with van der Waals surface area (Å²) in [6.07, 6.45) is 0. The third-order valence-corrected chi connectivity index (χ3v) is 4.80. The van der Waals surface area contributed by atoms with Crippen LogP contribution in [0.4, 0.5) is 0 Å². The van der Waals surface area contributed by atoms with Gasteiger partial charge in [-0.05, 0) is 39.0 Å². The van der Waals surface area contributed by atoms with Gasteiger partial charge in [-0.15, -0.1) is 11.8 Å². The van der Waals surface area contributed by atoms with E-state index in [4.69, 9.17) is 4.74 Å². The first kappa shape index (κ1) is 16.8. The molecule has 118 valence electrons. The molecular formula is C18H23NO2S. The van der Waals surface area contributed by atoms with Crippen LogP contribution in [0.2, 0.25) is 0 Å². The summed E-state index contributed by atoms with van der Waals surface area (Å²) in [7, 11) is 1.69. The minimum Gasteiger partial charge on any atom is -0.383 e. The van der Waals surface area contributed by atoms with Crippen LogP contribution in [0.3, 0.4) is 0 Å². The maximum atomic E-state index is 12.5. The van der Waals surface area contributed by atoms with E-state index in [-0.39, 0.29) is 5.78 Å². The zero-order valence-electron chi connectivity index (χ0n) is 13.7. The Morgan fingerprint density at radius 2 is 1.86 bits per heavy atom. The summed E-state index contributed by atoms with van der Waals surface area (Å²) in [4.78, 5) is 13.6. The molecule has 0 aliphatic heterocycles. The van der Waals surface area contributed by atoms with Gasteiger partial charge in [0.15, 0.2) is 5.78 Å². The van der Waals surface area contributed by atoms with Crippen molar-refractivity contribution in [3.63, 3.8) is 0 Å². The molecule has 0 bridgehead atoms. The lowest BCUT2D eigenvalue weighted by atomic mass is 10.2. The van der Waals surface area contributed by atoms with E-state index >= 15 is 0 Å². The summed E-state index contributed by atoms with van der Waals surface area (Å²) < 4.78 is 7.28. The minimum absolute atomic E-state index is 0.183. The fourth-order valence-electron chi connectivity index (χ4n) is 2.47. The van der Waals surface area contributed by atoms with E-state index in [1.807, 2.05) is 19.9 Å². The van der Waals surface area contributed by atoms with Crippen molar-refractivity contribution >= 4 is 17.5 Å². The first-order valence-corrected chi connectivity index (χ1v) is 8.40. The Labute approximate surface area is 136 Å². The van der Waals surface area contributed by atoms with Gasteiger partial charge in [-0.1, -0.05) is 17.7 Å². The molecule has 0 atom stereocenters. The lowest BCUT2D eigenvalue weighted by Gasteiger charge is -2.08. The second kappa shape index (κ2) is 7.65. The number of aryl methyl sites for hydroxylation is 2. The van der Waals surface area contributed by atoms with Crippen LogP contribution in [0, 0.1) is 20.8 Å². The van der Waals surface area contributed by atoms with Crippen LogP contribution in [-0.2, 0) is 11.3 Å². The van der Waals surface area contributed by atoms with Crippen molar-refractivity contribution in [2.75, 3.05) is 19.5 Å². The summed E-state index contributed by atoms with van der Waals surface area (Å²) in [5.74, 6) is 0.653. The van der Waals surface area contributed by atoms with Crippen molar-refractivity contribution in [1.29, 1.82) is 0 Å². The number of methoxy groups -OCH3 is 1. The number of thioether (sulfide) groups is 1. The van der Waals surface area contributed by atoms with Crippen LogP contribution in [0.1, 0.15) is 27.3 Å². The zero-order chi connectivity index (χ0) is 16.1. The van der Waals surface area contributed by atoms with E-state index in [1.54, 1.807) is 18.9 Å². The highest BCUT2D eigenvalue weighted by molar-refractivity contribution is 8.00. The zero-order valence-corrected chi connectivity index (χ0v) is 14.5. The van der Waals surface area contributed by atoms with Crippen molar-refractivity contribution in [3.8, 4) is 0 Å². The summed E-state index contributed by atoms with van der Waals surface area (Å²) in [5, 5.41) is 0. The summed E-state index contributed by atoms with van der Waals surface area (Å²) in [6, 6.07) is 10.3. The lowest BCUT2D eigenvalue weighted by molar-refractivity contribution is 0.102. The van der Waals surface area contributed by atoms with Crippen LogP contribution in [0.25, 0.3) is 0 Å². The molecule has 2 aromatic rings. The van der Waals surface area contributed by atoms with E-state index in [2.05, 4.69) is 35.8 Å². The largest absolute Gasteiger partial charge is 0.383 e. The van der Waals surface area contributed by atoms with Crippen LogP contribution >= 0.6 is 11.8 Å². The number of rotatable bonds is 7. The maximum Gasteiger partial charge on any atom is 0.174 e. The average Bonchev–Trinajstić information content (AvgIpc) is 2.79. The number of ketones is 1. The SMILES string of the molecule is COCCn1c(C)cc(C(=O)CSc2ccc(C)cc2)c1C. The number of carbonyl (C=O) groups excluding carboxylic acids is 1. The Morgan fingerprint density at radius 3 is 2.50 bits per heavy atom. The van der Waals surface area contributed by atoms with E-state index in [9.17, 15) is 4.79 Å². The second-order valence-electron chi connectivity index (χ2n) is 5.45. The molecule has 0 amide bonds. The monoisotopic (exact) mass is 317 g/mol. The molecule has 0 radical (unpaired) electrons. The van der Waals surface area contributed by atoms with Gasteiger partial charge in [0.05, 0.1) is 12.4 Å². The van der Waals surface area contributed by atoms with Gasteiger partial charge in [-0.3, -0.25) is 4.79 Å². The van der Waals surface area contributed by atoms with Gasteiger partial charge < -0.3 is 9.30 Å². The molecule has 0 saturated heterocycles. The summed E-state index contributed by atoms with van der Waals surface area (Å²) in [6.45, 7) is 7.54. The fraction of sp³-hybridized carbons (Fsp3) is 0.389. The van der Waals surface area contributed by atoms with Gasteiger partial charge in [0, 0.05) is 35.5 Å². The Bertz CT molecular complexity index is 644. The van der Waals surface area contributed by atoms with Crippen LogP contribution in [0.5, 0.6) is 0 Å². The summed E-state index contributed by atoms with van der Waals surface area (Å²) >= 11 is 1.59. The number of hydrogen-bond acceptors (Lipinski definition) is 3. The van der Waals surface area contributed by atoms with E-state index in [0.29, 0.717) is 12.4 Å². The standard InChI is InChI=1S/C18H23NO2S/c1-13-5-7-16(8-6-13)22-12-18(20)17-11-14(2)19(15(17)3)9-10-21-4/h5-8,11H,9-10,12H2,1-4H3. The topological polar surface area (TPSA) is 31.2 Å². The number of ether oxygens (including phenoxy) is 1. The number of carbonyl (C=O) groups is 1. The molecule has 0 saturated carbocycles. The number of benzene rings is 1. The number of Topliss-reactive ketones (excluding diaryl/α,β-unsaturated/α-hetero) is 1. The smallest absolute Gasteiger partial charge is 0.174 e. The Morgan fingerprint density at radius 1 is 1.18 bits per heavy atom. The molecule has 0 N–H and O–H groups in total. The second-order valence-corrected chi connectivity index (χ2v) is 6.50. The normalized spacial score (nSPS) is 10.9. The predicted molar refractivity (Wildman–Crippen MR) is 92.0 cm³/mol. The van der Waals surface area contributed by atoms with Crippen LogP contribution < -0.4 is 0 Å². The molecule has 1 aromatic heterocycles. The Kier molecular flexibility index (Phi) is 5.86. The fourth-order valence-corrected chi connectivity index (χ4v) is 3.25. The quantitative estimate of drug-likeness (QED) is 0.570. The van der Waals surface area contributed by atoms with Crippen LogP contribution in [0.15, 0.2) is 35.2 Å². The molecule has 1 aromatic carbocycles. The third-order valence-electron chi connectivity index (χ3n) is 3.78. The van der Waals surface area contributed by atoms with Crippen molar-refractivity contribution < 1.29 is 9.53 Å². The highest BCUT2D eigenvalue weighted by Crippen LogP contribution is 2.22. The molecule has 2 rings (SSSR count). The molecule has 0 aliphatic rings.